The lowest BCUT2D eigenvalue weighted by Crippen LogP contribution is -2.24. The second-order valence-electron chi connectivity index (χ2n) is 5.70. The van der Waals surface area contributed by atoms with E-state index in [1.54, 1.807) is 12.1 Å². The predicted octanol–water partition coefficient (Wildman–Crippen LogP) is 3.04. The third kappa shape index (κ3) is 5.16. The maximum absolute atomic E-state index is 13.0. The van der Waals surface area contributed by atoms with Gasteiger partial charge in [0, 0.05) is 12.7 Å². The topological polar surface area (TPSA) is 97.8 Å². The van der Waals surface area contributed by atoms with Crippen LogP contribution in [0.5, 0.6) is 11.5 Å². The minimum absolute atomic E-state index is 0.0370. The molecule has 0 spiro atoms. The molecule has 1 heterocycles. The maximum Gasteiger partial charge on any atom is 0.358 e. The highest BCUT2D eigenvalue weighted by atomic mass is 19.1. The normalized spacial score (nSPS) is 10.3. The Labute approximate surface area is 156 Å². The fourth-order valence-electron chi connectivity index (χ4n) is 2.32. The molecule has 1 amide bonds. The van der Waals surface area contributed by atoms with Gasteiger partial charge in [-0.1, -0.05) is 25.5 Å². The van der Waals surface area contributed by atoms with Crippen molar-refractivity contribution < 1.29 is 28.6 Å². The Balaban J connectivity index is 2.27. The number of ether oxygens (including phenoxy) is 2. The van der Waals surface area contributed by atoms with E-state index in [1.807, 2.05) is 6.92 Å². The van der Waals surface area contributed by atoms with Gasteiger partial charge >= 0.3 is 5.97 Å². The number of hydrogen-bond acceptors (Lipinski definition) is 5. The highest BCUT2D eigenvalue weighted by Gasteiger charge is 2.25. The highest BCUT2D eigenvalue weighted by Crippen LogP contribution is 2.34. The number of methoxy groups -OCH3 is 1. The standard InChI is InChI=1S/C19H21FN2O5/c1-3-4-9-27-16-14(11-21-15(19(24)25)17(16)26-2)18(23)22-10-12-5-7-13(20)8-6-12/h5-8,11H,3-4,9-10H2,1-2H3,(H,22,23)(H,24,25). The van der Waals surface area contributed by atoms with Crippen LogP contribution in [0.25, 0.3) is 0 Å². The van der Waals surface area contributed by atoms with Gasteiger partial charge in [0.1, 0.15) is 11.4 Å². The number of unbranched alkanes of at least 4 members (excludes halogenated alkanes) is 1. The number of rotatable bonds is 9. The summed E-state index contributed by atoms with van der Waals surface area (Å²) in [7, 11) is 1.29. The van der Waals surface area contributed by atoms with E-state index in [9.17, 15) is 19.1 Å². The summed E-state index contributed by atoms with van der Waals surface area (Å²) in [4.78, 5) is 27.7. The number of amides is 1. The molecule has 0 fully saturated rings. The minimum atomic E-state index is -1.29. The summed E-state index contributed by atoms with van der Waals surface area (Å²) >= 11 is 0. The molecule has 0 atom stereocenters. The molecular weight excluding hydrogens is 355 g/mol. The highest BCUT2D eigenvalue weighted by molar-refractivity contribution is 5.99. The third-order valence-corrected chi connectivity index (χ3v) is 3.75. The van der Waals surface area contributed by atoms with Gasteiger partial charge in [-0.3, -0.25) is 4.79 Å². The van der Waals surface area contributed by atoms with Crippen LogP contribution in [0.2, 0.25) is 0 Å². The summed E-state index contributed by atoms with van der Waals surface area (Å²) in [6.07, 6.45) is 2.74. The van der Waals surface area contributed by atoms with E-state index in [1.165, 1.54) is 19.2 Å². The predicted molar refractivity (Wildman–Crippen MR) is 95.7 cm³/mol. The lowest BCUT2D eigenvalue weighted by Gasteiger charge is -2.16. The van der Waals surface area contributed by atoms with Crippen LogP contribution < -0.4 is 14.8 Å². The zero-order valence-electron chi connectivity index (χ0n) is 15.1. The molecule has 7 nitrogen and oxygen atoms in total. The number of aromatic carboxylic acids is 1. The minimum Gasteiger partial charge on any atom is -0.491 e. The van der Waals surface area contributed by atoms with E-state index in [2.05, 4.69) is 10.3 Å². The van der Waals surface area contributed by atoms with Crippen LogP contribution in [-0.2, 0) is 6.54 Å². The number of benzene rings is 1. The van der Waals surface area contributed by atoms with E-state index < -0.39 is 11.9 Å². The molecular formula is C19H21FN2O5. The fourth-order valence-corrected chi connectivity index (χ4v) is 2.32. The number of hydrogen-bond donors (Lipinski definition) is 2. The first-order chi connectivity index (χ1) is 13.0. The summed E-state index contributed by atoms with van der Waals surface area (Å²) in [5.74, 6) is -2.23. The van der Waals surface area contributed by atoms with Gasteiger partial charge in [0.2, 0.25) is 0 Å². The molecule has 0 aliphatic heterocycles. The third-order valence-electron chi connectivity index (χ3n) is 3.75. The average molecular weight is 376 g/mol. The number of carbonyl (C=O) groups is 2. The molecule has 1 aromatic carbocycles. The van der Waals surface area contributed by atoms with Crippen LogP contribution in [0.1, 0.15) is 46.2 Å². The molecule has 0 radical (unpaired) electrons. The molecule has 27 heavy (non-hydrogen) atoms. The van der Waals surface area contributed by atoms with Gasteiger partial charge in [0.05, 0.1) is 13.7 Å². The average Bonchev–Trinajstić information content (AvgIpc) is 2.66. The Hall–Kier alpha value is -3.16. The second kappa shape index (κ2) is 9.51. The zero-order valence-corrected chi connectivity index (χ0v) is 15.1. The number of halogens is 1. The van der Waals surface area contributed by atoms with Crippen molar-refractivity contribution in [3.8, 4) is 11.5 Å². The summed E-state index contributed by atoms with van der Waals surface area (Å²) in [6, 6.07) is 5.71. The molecule has 144 valence electrons. The molecule has 0 saturated carbocycles. The fraction of sp³-hybridized carbons (Fsp3) is 0.316. The molecule has 0 aliphatic carbocycles. The summed E-state index contributed by atoms with van der Waals surface area (Å²) < 4.78 is 23.7. The number of nitrogens with zero attached hydrogens (tertiary/aromatic N) is 1. The van der Waals surface area contributed by atoms with Crippen molar-refractivity contribution in [2.45, 2.75) is 26.3 Å². The molecule has 1 aromatic heterocycles. The van der Waals surface area contributed by atoms with Gasteiger partial charge in [-0.2, -0.15) is 0 Å². The number of carboxylic acid groups (broad SMARTS) is 1. The van der Waals surface area contributed by atoms with Crippen molar-refractivity contribution in [3.63, 3.8) is 0 Å². The Kier molecular flexibility index (Phi) is 7.10. The molecule has 0 bridgehead atoms. The van der Waals surface area contributed by atoms with E-state index in [4.69, 9.17) is 9.47 Å². The Morgan fingerprint density at radius 3 is 2.52 bits per heavy atom. The first kappa shape index (κ1) is 20.2. The first-order valence-electron chi connectivity index (χ1n) is 8.43. The number of aromatic nitrogens is 1. The van der Waals surface area contributed by atoms with Gasteiger partial charge in [-0.25, -0.2) is 14.2 Å². The monoisotopic (exact) mass is 376 g/mol. The Morgan fingerprint density at radius 2 is 1.93 bits per heavy atom. The van der Waals surface area contributed by atoms with Crippen molar-refractivity contribution in [1.29, 1.82) is 0 Å². The lowest BCUT2D eigenvalue weighted by atomic mass is 10.1. The van der Waals surface area contributed by atoms with E-state index in [-0.39, 0.29) is 35.1 Å². The maximum atomic E-state index is 13.0. The molecule has 0 saturated heterocycles. The van der Waals surface area contributed by atoms with Crippen LogP contribution in [0.3, 0.4) is 0 Å². The van der Waals surface area contributed by atoms with Crippen LogP contribution in [0, 0.1) is 5.82 Å². The molecule has 8 heteroatoms. The van der Waals surface area contributed by atoms with Crippen molar-refractivity contribution in [3.05, 3.63) is 53.1 Å². The molecule has 0 aliphatic rings. The lowest BCUT2D eigenvalue weighted by molar-refractivity contribution is 0.0684. The van der Waals surface area contributed by atoms with Gasteiger partial charge < -0.3 is 19.9 Å². The molecule has 2 rings (SSSR count). The van der Waals surface area contributed by atoms with Crippen LogP contribution in [-0.4, -0.2) is 35.7 Å². The van der Waals surface area contributed by atoms with Gasteiger partial charge in [0.25, 0.3) is 5.91 Å². The van der Waals surface area contributed by atoms with Gasteiger partial charge in [-0.15, -0.1) is 0 Å². The van der Waals surface area contributed by atoms with Gasteiger partial charge in [0.15, 0.2) is 17.2 Å². The summed E-state index contributed by atoms with van der Waals surface area (Å²) in [5.41, 5.74) is 0.439. The first-order valence-corrected chi connectivity index (χ1v) is 8.43. The van der Waals surface area contributed by atoms with E-state index in [0.717, 1.165) is 19.0 Å². The smallest absolute Gasteiger partial charge is 0.358 e. The SMILES string of the molecule is CCCCOc1c(C(=O)NCc2ccc(F)cc2)cnc(C(=O)O)c1OC. The Morgan fingerprint density at radius 1 is 1.22 bits per heavy atom. The van der Waals surface area contributed by atoms with Gasteiger partial charge in [-0.05, 0) is 24.1 Å². The van der Waals surface area contributed by atoms with Crippen LogP contribution in [0.4, 0.5) is 4.39 Å². The Bertz CT molecular complexity index is 808. The van der Waals surface area contributed by atoms with Crippen molar-refractivity contribution >= 4 is 11.9 Å². The number of carbonyl (C=O) groups excluding carboxylic acids is 1. The second-order valence-corrected chi connectivity index (χ2v) is 5.70. The number of carboxylic acids is 1. The number of pyridine rings is 1. The molecule has 2 N–H and O–H groups in total. The van der Waals surface area contributed by atoms with Crippen LogP contribution >= 0.6 is 0 Å². The van der Waals surface area contributed by atoms with Crippen molar-refractivity contribution in [2.24, 2.45) is 0 Å². The van der Waals surface area contributed by atoms with Crippen molar-refractivity contribution in [2.75, 3.05) is 13.7 Å². The largest absolute Gasteiger partial charge is 0.491 e. The quantitative estimate of drug-likeness (QED) is 0.653. The summed E-state index contributed by atoms with van der Waals surface area (Å²) in [6.45, 7) is 2.44. The van der Waals surface area contributed by atoms with E-state index in [0.29, 0.717) is 12.2 Å². The molecule has 0 unspecified atom stereocenters. The van der Waals surface area contributed by atoms with Crippen LogP contribution in [0.15, 0.2) is 30.5 Å². The summed E-state index contributed by atoms with van der Waals surface area (Å²) in [5, 5.41) is 11.9. The number of nitrogens with one attached hydrogen (secondary N) is 1. The zero-order chi connectivity index (χ0) is 19.8. The molecule has 2 aromatic rings. The van der Waals surface area contributed by atoms with Crippen molar-refractivity contribution in [1.82, 2.24) is 10.3 Å². The van der Waals surface area contributed by atoms with E-state index >= 15 is 0 Å².